The molecule has 6 rings (SSSR count). The molecule has 0 bridgehead atoms. The highest BCUT2D eigenvalue weighted by Gasteiger charge is 2.33. The Bertz CT molecular complexity index is 1910. The van der Waals surface area contributed by atoms with E-state index in [4.69, 9.17) is 4.74 Å². The predicted molar refractivity (Wildman–Crippen MR) is 160 cm³/mol. The summed E-state index contributed by atoms with van der Waals surface area (Å²) in [5.74, 6) is -0.442. The first-order valence-electron chi connectivity index (χ1n) is 12.5. The fourth-order valence-electron chi connectivity index (χ4n) is 4.96. The number of aromatic nitrogens is 2. The van der Waals surface area contributed by atoms with Gasteiger partial charge in [0.15, 0.2) is 4.80 Å². The number of halogens is 1. The van der Waals surface area contributed by atoms with E-state index in [0.717, 1.165) is 25.8 Å². The van der Waals surface area contributed by atoms with Crippen molar-refractivity contribution >= 4 is 61.6 Å². The van der Waals surface area contributed by atoms with Crippen LogP contribution in [0.3, 0.4) is 0 Å². The summed E-state index contributed by atoms with van der Waals surface area (Å²) < 4.78 is 10.8. The SMILES string of the molecule is CCOC(=O)C1=C(C)N=c2s/c(=C\c3cn(Cc4ccc(Br)cc4)c4ccccc34)c(=O)n2[C@@H]1c1cccs1. The van der Waals surface area contributed by atoms with Crippen molar-refractivity contribution < 1.29 is 9.53 Å². The van der Waals surface area contributed by atoms with Crippen LogP contribution in [0.5, 0.6) is 0 Å². The number of esters is 1. The van der Waals surface area contributed by atoms with Crippen molar-refractivity contribution in [1.82, 2.24) is 9.13 Å². The molecule has 196 valence electrons. The van der Waals surface area contributed by atoms with Crippen molar-refractivity contribution in [2.45, 2.75) is 26.4 Å². The summed E-state index contributed by atoms with van der Waals surface area (Å²) in [4.78, 5) is 33.1. The first-order valence-corrected chi connectivity index (χ1v) is 15.0. The van der Waals surface area contributed by atoms with Crippen LogP contribution in [0.1, 0.15) is 35.9 Å². The zero-order valence-corrected chi connectivity index (χ0v) is 24.5. The fourth-order valence-corrected chi connectivity index (χ4v) is 7.08. The second-order valence-corrected chi connectivity index (χ2v) is 12.1. The molecule has 1 aliphatic rings. The lowest BCUT2D eigenvalue weighted by molar-refractivity contribution is -0.139. The Morgan fingerprint density at radius 1 is 1.13 bits per heavy atom. The van der Waals surface area contributed by atoms with Crippen LogP contribution in [0, 0.1) is 0 Å². The summed E-state index contributed by atoms with van der Waals surface area (Å²) in [6.07, 6.45) is 4.04. The molecule has 0 radical (unpaired) electrons. The van der Waals surface area contributed by atoms with E-state index >= 15 is 0 Å². The van der Waals surface area contributed by atoms with E-state index in [1.807, 2.05) is 47.9 Å². The van der Waals surface area contributed by atoms with Crippen LogP contribution in [-0.4, -0.2) is 21.7 Å². The van der Waals surface area contributed by atoms with Crippen molar-refractivity contribution in [2.75, 3.05) is 6.61 Å². The molecular weight excluding hydrogens is 594 g/mol. The number of fused-ring (bicyclic) bond motifs is 2. The fraction of sp³-hybridized carbons (Fsp3) is 0.167. The third-order valence-electron chi connectivity index (χ3n) is 6.70. The van der Waals surface area contributed by atoms with Crippen LogP contribution >= 0.6 is 38.6 Å². The van der Waals surface area contributed by atoms with Crippen LogP contribution in [0.4, 0.5) is 0 Å². The van der Waals surface area contributed by atoms with Crippen LogP contribution in [0.25, 0.3) is 17.0 Å². The van der Waals surface area contributed by atoms with Gasteiger partial charge in [0.25, 0.3) is 5.56 Å². The number of rotatable bonds is 6. The summed E-state index contributed by atoms with van der Waals surface area (Å²) in [5, 5.41) is 3.02. The summed E-state index contributed by atoms with van der Waals surface area (Å²) >= 11 is 6.36. The van der Waals surface area contributed by atoms with Gasteiger partial charge in [-0.15, -0.1) is 11.3 Å². The summed E-state index contributed by atoms with van der Waals surface area (Å²) in [5.41, 5.74) is 4.05. The molecule has 9 heteroatoms. The van der Waals surface area contributed by atoms with Gasteiger partial charge in [0.1, 0.15) is 6.04 Å². The van der Waals surface area contributed by atoms with E-state index in [0.29, 0.717) is 27.1 Å². The predicted octanol–water partition coefficient (Wildman–Crippen LogP) is 5.63. The molecule has 3 aromatic heterocycles. The van der Waals surface area contributed by atoms with E-state index in [1.54, 1.807) is 18.4 Å². The van der Waals surface area contributed by atoms with E-state index in [-0.39, 0.29) is 12.2 Å². The zero-order chi connectivity index (χ0) is 27.1. The number of carbonyl (C=O) groups is 1. The highest BCUT2D eigenvalue weighted by atomic mass is 79.9. The number of benzene rings is 2. The average molecular weight is 619 g/mol. The number of ether oxygens (including phenoxy) is 1. The highest BCUT2D eigenvalue weighted by molar-refractivity contribution is 9.10. The summed E-state index contributed by atoms with van der Waals surface area (Å²) in [6, 6.07) is 19.8. The minimum Gasteiger partial charge on any atom is -0.463 e. The molecule has 0 saturated heterocycles. The second-order valence-electron chi connectivity index (χ2n) is 9.17. The first kappa shape index (κ1) is 25.7. The van der Waals surface area contributed by atoms with E-state index in [1.165, 1.54) is 28.2 Å². The van der Waals surface area contributed by atoms with Gasteiger partial charge >= 0.3 is 5.97 Å². The molecule has 0 N–H and O–H groups in total. The molecule has 5 aromatic rings. The molecule has 0 spiro atoms. The largest absolute Gasteiger partial charge is 0.463 e. The number of thiazole rings is 1. The molecule has 6 nitrogen and oxygen atoms in total. The van der Waals surface area contributed by atoms with E-state index in [9.17, 15) is 9.59 Å². The van der Waals surface area contributed by atoms with Crippen molar-refractivity contribution in [3.8, 4) is 0 Å². The normalized spacial score (nSPS) is 15.5. The number of thiophene rings is 1. The van der Waals surface area contributed by atoms with Gasteiger partial charge in [-0.2, -0.15) is 0 Å². The number of allylic oxidation sites excluding steroid dienone is 1. The van der Waals surface area contributed by atoms with Crippen LogP contribution in [0.2, 0.25) is 0 Å². The van der Waals surface area contributed by atoms with Crippen LogP contribution in [0.15, 0.2) is 97.8 Å². The standard InChI is InChI=1S/C30H24BrN3O3S2/c1-3-37-29(36)26-18(2)32-30-34(27(26)24-9-6-14-38-24)28(35)25(39-30)15-20-17-33(23-8-5-4-7-22(20)23)16-19-10-12-21(31)13-11-19/h4-15,17,27H,3,16H2,1-2H3/b25-15-/t27-/m1/s1. The Kier molecular flexibility index (Phi) is 6.97. The summed E-state index contributed by atoms with van der Waals surface area (Å²) in [6.45, 7) is 4.54. The maximum Gasteiger partial charge on any atom is 0.338 e. The Balaban J connectivity index is 1.50. The monoisotopic (exact) mass is 617 g/mol. The van der Waals surface area contributed by atoms with Gasteiger partial charge in [-0.3, -0.25) is 9.36 Å². The summed E-state index contributed by atoms with van der Waals surface area (Å²) in [7, 11) is 0. The van der Waals surface area contributed by atoms with Crippen molar-refractivity contribution in [3.63, 3.8) is 0 Å². The molecule has 0 aliphatic carbocycles. The Hall–Kier alpha value is -3.53. The molecule has 0 fully saturated rings. The molecule has 0 amide bonds. The lowest BCUT2D eigenvalue weighted by Crippen LogP contribution is -2.39. The lowest BCUT2D eigenvalue weighted by Gasteiger charge is -2.23. The minimum atomic E-state index is -0.568. The third-order valence-corrected chi connectivity index (χ3v) is 9.14. The van der Waals surface area contributed by atoms with E-state index in [2.05, 4.69) is 56.0 Å². The Morgan fingerprint density at radius 3 is 2.67 bits per heavy atom. The van der Waals surface area contributed by atoms with Gasteiger partial charge in [0, 0.05) is 38.6 Å². The quantitative estimate of drug-likeness (QED) is 0.232. The van der Waals surface area contributed by atoms with Gasteiger partial charge in [-0.1, -0.05) is 63.7 Å². The molecule has 0 saturated carbocycles. The minimum absolute atomic E-state index is 0.170. The number of para-hydroxylation sites is 1. The maximum absolute atomic E-state index is 13.9. The molecule has 2 aromatic carbocycles. The van der Waals surface area contributed by atoms with Crippen LogP contribution < -0.4 is 14.9 Å². The maximum atomic E-state index is 13.9. The Morgan fingerprint density at radius 2 is 1.92 bits per heavy atom. The van der Waals surface area contributed by atoms with Crippen molar-refractivity contribution in [3.05, 3.63) is 124 Å². The van der Waals surface area contributed by atoms with Gasteiger partial charge in [-0.25, -0.2) is 9.79 Å². The zero-order valence-electron chi connectivity index (χ0n) is 21.3. The topological polar surface area (TPSA) is 65.6 Å². The molecular formula is C30H24BrN3O3S2. The van der Waals surface area contributed by atoms with Crippen LogP contribution in [-0.2, 0) is 16.1 Å². The molecule has 39 heavy (non-hydrogen) atoms. The van der Waals surface area contributed by atoms with Gasteiger partial charge < -0.3 is 9.30 Å². The first-order chi connectivity index (χ1) is 18.9. The molecule has 1 atom stereocenters. The van der Waals surface area contributed by atoms with Gasteiger partial charge in [0.2, 0.25) is 0 Å². The number of hydrogen-bond donors (Lipinski definition) is 0. The average Bonchev–Trinajstić information content (AvgIpc) is 3.65. The number of nitrogens with zero attached hydrogens (tertiary/aromatic N) is 3. The smallest absolute Gasteiger partial charge is 0.338 e. The number of carbonyl (C=O) groups excluding carboxylic acids is 1. The van der Waals surface area contributed by atoms with Gasteiger partial charge in [-0.05, 0) is 55.1 Å². The molecule has 1 aliphatic heterocycles. The Labute approximate surface area is 241 Å². The molecule has 0 unspecified atom stereocenters. The third kappa shape index (κ3) is 4.75. The van der Waals surface area contributed by atoms with Crippen molar-refractivity contribution in [2.24, 2.45) is 4.99 Å². The van der Waals surface area contributed by atoms with E-state index < -0.39 is 12.0 Å². The highest BCUT2D eigenvalue weighted by Crippen LogP contribution is 2.33. The lowest BCUT2D eigenvalue weighted by atomic mass is 10.0. The van der Waals surface area contributed by atoms with Gasteiger partial charge in [0.05, 0.1) is 22.4 Å². The number of hydrogen-bond acceptors (Lipinski definition) is 6. The van der Waals surface area contributed by atoms with Crippen molar-refractivity contribution in [1.29, 1.82) is 0 Å². The second kappa shape index (κ2) is 10.6. The molecule has 4 heterocycles.